The first-order valence-corrected chi connectivity index (χ1v) is 12.1. The molecule has 0 aliphatic carbocycles. The zero-order chi connectivity index (χ0) is 25.3. The number of aromatic nitrogens is 1. The minimum atomic E-state index is -0.273. The number of carbonyl (C=O) groups excluding carboxylic acids is 2. The van der Waals surface area contributed by atoms with Gasteiger partial charge in [0, 0.05) is 18.5 Å². The molecule has 0 aliphatic heterocycles. The fourth-order valence-corrected chi connectivity index (χ4v) is 3.46. The van der Waals surface area contributed by atoms with Crippen LogP contribution in [0.1, 0.15) is 61.9 Å². The highest BCUT2D eigenvalue weighted by molar-refractivity contribution is 5.69. The maximum Gasteiger partial charge on any atom is 0.305 e. The summed E-state index contributed by atoms with van der Waals surface area (Å²) < 4.78 is 20.6. The Morgan fingerprint density at radius 3 is 2.29 bits per heavy atom. The molecular weight excluding hydrogens is 446 g/mol. The van der Waals surface area contributed by atoms with Crippen LogP contribution in [-0.4, -0.2) is 44.9 Å². The lowest BCUT2D eigenvalue weighted by Gasteiger charge is -2.12. The Kier molecular flexibility index (Phi) is 13.0. The number of pyridine rings is 1. The first-order chi connectivity index (χ1) is 17.0. The van der Waals surface area contributed by atoms with Crippen LogP contribution in [0.3, 0.4) is 0 Å². The van der Waals surface area contributed by atoms with Crippen LogP contribution in [0.5, 0.6) is 11.5 Å². The first-order valence-electron chi connectivity index (χ1n) is 12.1. The molecule has 7 heteroatoms. The van der Waals surface area contributed by atoms with E-state index in [1.807, 2.05) is 36.4 Å². The van der Waals surface area contributed by atoms with Gasteiger partial charge in [0.15, 0.2) is 0 Å². The van der Waals surface area contributed by atoms with Crippen LogP contribution in [0.2, 0.25) is 0 Å². The quantitative estimate of drug-likeness (QED) is 0.235. The number of esters is 2. The Hall–Kier alpha value is -3.35. The molecule has 0 aliphatic rings. The van der Waals surface area contributed by atoms with Crippen molar-refractivity contribution in [2.75, 3.05) is 27.9 Å². The molecule has 7 nitrogen and oxygen atoms in total. The van der Waals surface area contributed by atoms with Gasteiger partial charge in [-0.25, -0.2) is 0 Å². The molecule has 0 radical (unpaired) electrons. The van der Waals surface area contributed by atoms with Crippen LogP contribution in [0.4, 0.5) is 0 Å². The van der Waals surface area contributed by atoms with Gasteiger partial charge >= 0.3 is 11.9 Å². The number of aryl methyl sites for hydroxylation is 2. The van der Waals surface area contributed by atoms with Crippen molar-refractivity contribution in [3.8, 4) is 11.5 Å². The Morgan fingerprint density at radius 1 is 0.829 bits per heavy atom. The maximum atomic E-state index is 11.6. The third kappa shape index (κ3) is 11.1. The second kappa shape index (κ2) is 16.3. The molecule has 1 heterocycles. The zero-order valence-corrected chi connectivity index (χ0v) is 21.1. The molecule has 190 valence electrons. The van der Waals surface area contributed by atoms with E-state index in [4.69, 9.17) is 19.2 Å². The molecule has 0 atom stereocenters. The molecule has 0 unspecified atom stereocenters. The lowest BCUT2D eigenvalue weighted by Crippen LogP contribution is -2.08. The van der Waals surface area contributed by atoms with E-state index in [2.05, 4.69) is 16.9 Å². The fourth-order valence-electron chi connectivity index (χ4n) is 3.46. The van der Waals surface area contributed by atoms with Crippen molar-refractivity contribution in [3.63, 3.8) is 0 Å². The standard InChI is InChI=1S/C28H37NO6/c1-32-24-16-13-22(14-17-24)10-6-4-5-9-21-35-26-19-15-23(11-7-8-12-27(30)33-2)29-25(26)18-20-28(31)34-3/h6,10,13-17,19H,4-5,7-9,11-12,18,20-21H2,1-3H3. The predicted octanol–water partition coefficient (Wildman–Crippen LogP) is 5.34. The summed E-state index contributed by atoms with van der Waals surface area (Å²) >= 11 is 0. The van der Waals surface area contributed by atoms with Gasteiger partial charge in [-0.15, -0.1) is 0 Å². The van der Waals surface area contributed by atoms with Gasteiger partial charge in [-0.05, 0) is 68.4 Å². The van der Waals surface area contributed by atoms with Crippen molar-refractivity contribution in [2.45, 2.75) is 57.8 Å². The number of hydrogen-bond donors (Lipinski definition) is 0. The third-order valence-corrected chi connectivity index (χ3v) is 5.52. The summed E-state index contributed by atoms with van der Waals surface area (Å²) in [6.45, 7) is 0.585. The Morgan fingerprint density at radius 2 is 1.57 bits per heavy atom. The molecule has 0 saturated heterocycles. The van der Waals surface area contributed by atoms with Crippen LogP contribution in [0.25, 0.3) is 6.08 Å². The molecule has 0 fully saturated rings. The lowest BCUT2D eigenvalue weighted by molar-refractivity contribution is -0.141. The van der Waals surface area contributed by atoms with Gasteiger partial charge in [-0.3, -0.25) is 14.6 Å². The molecule has 0 bridgehead atoms. The Bertz CT molecular complexity index is 939. The van der Waals surface area contributed by atoms with Crippen LogP contribution >= 0.6 is 0 Å². The highest BCUT2D eigenvalue weighted by atomic mass is 16.5. The number of methoxy groups -OCH3 is 3. The number of nitrogens with zero attached hydrogens (tertiary/aromatic N) is 1. The van der Waals surface area contributed by atoms with Gasteiger partial charge in [0.05, 0.1) is 40.1 Å². The summed E-state index contributed by atoms with van der Waals surface area (Å²) in [7, 11) is 4.44. The summed E-state index contributed by atoms with van der Waals surface area (Å²) in [5, 5.41) is 0. The minimum Gasteiger partial charge on any atom is -0.497 e. The SMILES string of the molecule is COC(=O)CCCCc1ccc(OCCCCC=Cc2ccc(OC)cc2)c(CCC(=O)OC)n1. The van der Waals surface area contributed by atoms with E-state index in [-0.39, 0.29) is 18.4 Å². The van der Waals surface area contributed by atoms with Gasteiger partial charge in [0.2, 0.25) is 0 Å². The summed E-state index contributed by atoms with van der Waals surface area (Å²) in [5.74, 6) is 1.09. The first kappa shape index (κ1) is 27.9. The lowest BCUT2D eigenvalue weighted by atomic mass is 10.1. The van der Waals surface area contributed by atoms with Gasteiger partial charge in [0.25, 0.3) is 0 Å². The third-order valence-electron chi connectivity index (χ3n) is 5.52. The van der Waals surface area contributed by atoms with Crippen LogP contribution < -0.4 is 9.47 Å². The van der Waals surface area contributed by atoms with E-state index < -0.39 is 0 Å². The van der Waals surface area contributed by atoms with Crippen LogP contribution in [0, 0.1) is 0 Å². The summed E-state index contributed by atoms with van der Waals surface area (Å²) in [4.78, 5) is 27.6. The second-order valence-corrected chi connectivity index (χ2v) is 8.13. The minimum absolute atomic E-state index is 0.198. The van der Waals surface area contributed by atoms with Crippen molar-refractivity contribution in [1.29, 1.82) is 0 Å². The van der Waals surface area contributed by atoms with E-state index in [9.17, 15) is 9.59 Å². The van der Waals surface area contributed by atoms with Crippen molar-refractivity contribution >= 4 is 18.0 Å². The van der Waals surface area contributed by atoms with E-state index in [0.29, 0.717) is 25.2 Å². The average molecular weight is 484 g/mol. The van der Waals surface area contributed by atoms with Crippen LogP contribution in [0.15, 0.2) is 42.5 Å². The molecule has 0 amide bonds. The molecule has 2 aromatic rings. The number of hydrogen-bond acceptors (Lipinski definition) is 7. The molecule has 35 heavy (non-hydrogen) atoms. The Balaban J connectivity index is 1.81. The monoisotopic (exact) mass is 483 g/mol. The number of benzene rings is 1. The van der Waals surface area contributed by atoms with Gasteiger partial charge in [0.1, 0.15) is 11.5 Å². The van der Waals surface area contributed by atoms with Crippen molar-refractivity contribution in [1.82, 2.24) is 4.98 Å². The average Bonchev–Trinajstić information content (AvgIpc) is 2.89. The number of carbonyl (C=O) groups is 2. The maximum absolute atomic E-state index is 11.6. The van der Waals surface area contributed by atoms with Crippen molar-refractivity contribution in [2.24, 2.45) is 0 Å². The summed E-state index contributed by atoms with van der Waals surface area (Å²) in [5.41, 5.74) is 2.83. The molecule has 1 aromatic heterocycles. The van der Waals surface area contributed by atoms with Crippen molar-refractivity contribution < 1.29 is 28.5 Å². The number of unbranched alkanes of at least 4 members (excludes halogenated alkanes) is 3. The molecular formula is C28H37NO6. The smallest absolute Gasteiger partial charge is 0.305 e. The van der Waals surface area contributed by atoms with E-state index in [1.165, 1.54) is 14.2 Å². The fraction of sp³-hybridized carbons (Fsp3) is 0.464. The summed E-state index contributed by atoms with van der Waals surface area (Å²) in [6.07, 6.45) is 10.6. The van der Waals surface area contributed by atoms with Gasteiger partial charge < -0.3 is 18.9 Å². The van der Waals surface area contributed by atoms with Crippen LogP contribution in [-0.2, 0) is 31.9 Å². The zero-order valence-electron chi connectivity index (χ0n) is 21.1. The molecule has 0 N–H and O–H groups in total. The largest absolute Gasteiger partial charge is 0.497 e. The number of ether oxygens (including phenoxy) is 4. The molecule has 0 saturated carbocycles. The van der Waals surface area contributed by atoms with Gasteiger partial charge in [-0.2, -0.15) is 0 Å². The predicted molar refractivity (Wildman–Crippen MR) is 136 cm³/mol. The van der Waals surface area contributed by atoms with E-state index in [0.717, 1.165) is 61.2 Å². The molecule has 0 spiro atoms. The highest BCUT2D eigenvalue weighted by Gasteiger charge is 2.11. The second-order valence-electron chi connectivity index (χ2n) is 8.13. The molecule has 1 aromatic carbocycles. The molecule has 2 rings (SSSR count). The van der Waals surface area contributed by atoms with E-state index in [1.54, 1.807) is 7.11 Å². The highest BCUT2D eigenvalue weighted by Crippen LogP contribution is 2.21. The Labute approximate surface area is 208 Å². The topological polar surface area (TPSA) is 84.0 Å². The number of rotatable bonds is 16. The summed E-state index contributed by atoms with van der Waals surface area (Å²) in [6, 6.07) is 11.8. The van der Waals surface area contributed by atoms with Gasteiger partial charge in [-0.1, -0.05) is 24.3 Å². The van der Waals surface area contributed by atoms with E-state index >= 15 is 0 Å². The number of allylic oxidation sites excluding steroid dienone is 1. The van der Waals surface area contributed by atoms with Crippen molar-refractivity contribution in [3.05, 3.63) is 59.4 Å². The normalized spacial score (nSPS) is 10.8.